The second kappa shape index (κ2) is 4.22. The number of hydrogen-bond acceptors (Lipinski definition) is 3. The smallest absolute Gasteiger partial charge is 0.129 e. The van der Waals surface area contributed by atoms with Crippen molar-refractivity contribution in [2.45, 2.75) is 38.2 Å². The molecule has 1 aliphatic carbocycles. The highest BCUT2D eigenvalue weighted by atomic mass is 35.5. The summed E-state index contributed by atoms with van der Waals surface area (Å²) >= 11 is 5.90. The molecule has 2 atom stereocenters. The number of nitrogens with zero attached hydrogens (tertiary/aromatic N) is 1. The molecule has 3 N–H and O–H groups in total. The van der Waals surface area contributed by atoms with Crippen molar-refractivity contribution in [3.8, 4) is 0 Å². The number of nitrogen functional groups attached to an aromatic ring is 1. The Morgan fingerprint density at radius 3 is 3.06 bits per heavy atom. The van der Waals surface area contributed by atoms with Gasteiger partial charge in [-0.3, -0.25) is 0 Å². The first kappa shape index (κ1) is 11.7. The van der Waals surface area contributed by atoms with Crippen molar-refractivity contribution in [1.82, 2.24) is 4.98 Å². The summed E-state index contributed by atoms with van der Waals surface area (Å²) in [6.45, 7) is 2.15. The third-order valence-corrected chi connectivity index (χ3v) is 3.76. The van der Waals surface area contributed by atoms with Gasteiger partial charge < -0.3 is 10.8 Å². The fourth-order valence-corrected chi connectivity index (χ4v) is 2.70. The van der Waals surface area contributed by atoms with E-state index in [9.17, 15) is 5.11 Å². The molecule has 0 aliphatic heterocycles. The maximum Gasteiger partial charge on any atom is 0.129 e. The van der Waals surface area contributed by atoms with Gasteiger partial charge in [-0.1, -0.05) is 24.9 Å². The van der Waals surface area contributed by atoms with Gasteiger partial charge in [0.1, 0.15) is 5.82 Å². The van der Waals surface area contributed by atoms with Gasteiger partial charge in [-0.05, 0) is 31.2 Å². The van der Waals surface area contributed by atoms with Crippen LogP contribution in [0.25, 0.3) is 0 Å². The molecule has 0 spiro atoms. The molecule has 0 aromatic carbocycles. The minimum atomic E-state index is -0.831. The molecule has 1 heterocycles. The first-order valence-corrected chi connectivity index (χ1v) is 6.07. The highest BCUT2D eigenvalue weighted by Gasteiger charge is 2.39. The van der Waals surface area contributed by atoms with E-state index in [1.807, 2.05) is 0 Å². The van der Waals surface area contributed by atoms with E-state index in [1.54, 1.807) is 6.07 Å². The molecule has 1 saturated carbocycles. The molecule has 0 saturated heterocycles. The van der Waals surface area contributed by atoms with Crippen LogP contribution < -0.4 is 5.73 Å². The number of pyridine rings is 1. The Bertz CT molecular complexity index is 397. The zero-order chi connectivity index (χ0) is 11.8. The Morgan fingerprint density at radius 2 is 2.44 bits per heavy atom. The van der Waals surface area contributed by atoms with Crippen molar-refractivity contribution in [2.75, 3.05) is 5.73 Å². The summed E-state index contributed by atoms with van der Waals surface area (Å²) in [5.41, 5.74) is 5.67. The third-order valence-electron chi connectivity index (χ3n) is 3.56. The van der Waals surface area contributed by atoms with Crippen LogP contribution in [0.4, 0.5) is 5.82 Å². The quantitative estimate of drug-likeness (QED) is 0.836. The Kier molecular flexibility index (Phi) is 3.08. The topological polar surface area (TPSA) is 59.1 Å². The van der Waals surface area contributed by atoms with Gasteiger partial charge in [0.25, 0.3) is 0 Å². The predicted molar refractivity (Wildman–Crippen MR) is 65.2 cm³/mol. The van der Waals surface area contributed by atoms with E-state index >= 15 is 0 Å². The number of rotatable bonds is 2. The largest absolute Gasteiger partial charge is 0.385 e. The molecule has 2 unspecified atom stereocenters. The van der Waals surface area contributed by atoms with Crippen molar-refractivity contribution >= 4 is 17.4 Å². The van der Waals surface area contributed by atoms with Crippen LogP contribution in [0.5, 0.6) is 0 Å². The second-order valence-corrected chi connectivity index (χ2v) is 5.07. The zero-order valence-electron chi connectivity index (χ0n) is 9.41. The van der Waals surface area contributed by atoms with E-state index in [-0.39, 0.29) is 0 Å². The van der Waals surface area contributed by atoms with Gasteiger partial charge >= 0.3 is 0 Å². The van der Waals surface area contributed by atoms with Crippen LogP contribution in [0.1, 0.15) is 38.2 Å². The molecule has 16 heavy (non-hydrogen) atoms. The van der Waals surface area contributed by atoms with Gasteiger partial charge in [-0.25, -0.2) is 4.98 Å². The minimum absolute atomic E-state index is 0.392. The molecule has 0 bridgehead atoms. The van der Waals surface area contributed by atoms with Crippen LogP contribution in [-0.2, 0) is 5.60 Å². The van der Waals surface area contributed by atoms with Crippen molar-refractivity contribution in [2.24, 2.45) is 5.92 Å². The lowest BCUT2D eigenvalue weighted by Crippen LogP contribution is -2.24. The van der Waals surface area contributed by atoms with E-state index in [0.717, 1.165) is 25.7 Å². The lowest BCUT2D eigenvalue weighted by Gasteiger charge is -2.24. The van der Waals surface area contributed by atoms with Crippen molar-refractivity contribution in [3.05, 3.63) is 22.8 Å². The zero-order valence-corrected chi connectivity index (χ0v) is 10.2. The van der Waals surface area contributed by atoms with Gasteiger partial charge in [0.2, 0.25) is 0 Å². The molecule has 4 heteroatoms. The SMILES string of the molecule is CCC1CCC(O)(c2cc(Cl)cnc2N)C1. The molecule has 1 aliphatic rings. The summed E-state index contributed by atoms with van der Waals surface area (Å²) in [6, 6.07) is 1.74. The molecular weight excluding hydrogens is 224 g/mol. The molecule has 2 rings (SSSR count). The normalized spacial score (nSPS) is 29.6. The predicted octanol–water partition coefficient (Wildman–Crippen LogP) is 2.71. The standard InChI is InChI=1S/C12H17ClN2O/c1-2-8-3-4-12(16,6-8)10-5-9(13)7-15-11(10)14/h5,7-8,16H,2-4,6H2,1H3,(H2,14,15). The summed E-state index contributed by atoms with van der Waals surface area (Å²) < 4.78 is 0. The highest BCUT2D eigenvalue weighted by molar-refractivity contribution is 6.30. The maximum absolute atomic E-state index is 10.6. The van der Waals surface area contributed by atoms with Gasteiger partial charge in [0.05, 0.1) is 10.6 Å². The number of hydrogen-bond donors (Lipinski definition) is 2. The lowest BCUT2D eigenvalue weighted by molar-refractivity contribution is 0.0403. The summed E-state index contributed by atoms with van der Waals surface area (Å²) in [4.78, 5) is 4.01. The van der Waals surface area contributed by atoms with E-state index in [2.05, 4.69) is 11.9 Å². The molecule has 3 nitrogen and oxygen atoms in total. The number of nitrogens with two attached hydrogens (primary N) is 1. The summed E-state index contributed by atoms with van der Waals surface area (Å²) in [5.74, 6) is 0.965. The summed E-state index contributed by atoms with van der Waals surface area (Å²) in [5, 5.41) is 11.1. The monoisotopic (exact) mass is 240 g/mol. The van der Waals surface area contributed by atoms with Crippen molar-refractivity contribution < 1.29 is 5.11 Å². The van der Waals surface area contributed by atoms with Crippen LogP contribution in [0.15, 0.2) is 12.3 Å². The Labute approximate surface area is 101 Å². The Morgan fingerprint density at radius 1 is 1.69 bits per heavy atom. The Hall–Kier alpha value is -0.800. The average molecular weight is 241 g/mol. The first-order valence-electron chi connectivity index (χ1n) is 5.69. The van der Waals surface area contributed by atoms with Crippen molar-refractivity contribution in [1.29, 1.82) is 0 Å². The highest BCUT2D eigenvalue weighted by Crippen LogP contribution is 2.45. The van der Waals surface area contributed by atoms with E-state index in [0.29, 0.717) is 22.3 Å². The molecule has 0 radical (unpaired) electrons. The van der Waals surface area contributed by atoms with E-state index < -0.39 is 5.60 Å². The van der Waals surface area contributed by atoms with E-state index in [1.165, 1.54) is 6.20 Å². The van der Waals surface area contributed by atoms with Gasteiger partial charge in [0.15, 0.2) is 0 Å². The Balaban J connectivity index is 2.33. The molecule has 0 amide bonds. The van der Waals surface area contributed by atoms with Crippen LogP contribution in [0, 0.1) is 5.92 Å². The molecule has 1 fully saturated rings. The average Bonchev–Trinajstić information content (AvgIpc) is 2.65. The van der Waals surface area contributed by atoms with Crippen LogP contribution in [0.2, 0.25) is 5.02 Å². The fraction of sp³-hybridized carbons (Fsp3) is 0.583. The van der Waals surface area contributed by atoms with E-state index in [4.69, 9.17) is 17.3 Å². The number of halogens is 1. The lowest BCUT2D eigenvalue weighted by atomic mass is 9.91. The second-order valence-electron chi connectivity index (χ2n) is 4.63. The van der Waals surface area contributed by atoms with Gasteiger partial charge in [0, 0.05) is 11.8 Å². The summed E-state index contributed by atoms with van der Waals surface area (Å²) in [6.07, 6.45) is 5.15. The number of anilines is 1. The minimum Gasteiger partial charge on any atom is -0.385 e. The van der Waals surface area contributed by atoms with Crippen LogP contribution in [-0.4, -0.2) is 10.1 Å². The molecule has 1 aromatic rings. The number of aliphatic hydroxyl groups is 1. The van der Waals surface area contributed by atoms with Crippen LogP contribution >= 0.6 is 11.6 Å². The third kappa shape index (κ3) is 2.02. The number of aromatic nitrogens is 1. The molecule has 1 aromatic heterocycles. The van der Waals surface area contributed by atoms with Gasteiger partial charge in [-0.2, -0.15) is 0 Å². The molecule has 88 valence electrons. The van der Waals surface area contributed by atoms with Gasteiger partial charge in [-0.15, -0.1) is 0 Å². The summed E-state index contributed by atoms with van der Waals surface area (Å²) in [7, 11) is 0. The van der Waals surface area contributed by atoms with Crippen LogP contribution in [0.3, 0.4) is 0 Å². The molecular formula is C12H17ClN2O. The fourth-order valence-electron chi connectivity index (χ4n) is 2.54. The first-order chi connectivity index (χ1) is 7.55. The van der Waals surface area contributed by atoms with Crippen molar-refractivity contribution in [3.63, 3.8) is 0 Å². The maximum atomic E-state index is 10.6.